The first-order valence-corrected chi connectivity index (χ1v) is 6.69. The van der Waals surface area contributed by atoms with Crippen LogP contribution in [0.15, 0.2) is 0 Å². The average Bonchev–Trinajstić information content (AvgIpc) is 2.51. The maximum Gasteiger partial charge on any atom is 0.0861 e. The van der Waals surface area contributed by atoms with E-state index in [1.54, 1.807) is 0 Å². The van der Waals surface area contributed by atoms with E-state index < -0.39 is 0 Å². The van der Waals surface area contributed by atoms with Gasteiger partial charge in [-0.2, -0.15) is 0 Å². The van der Waals surface area contributed by atoms with Gasteiger partial charge in [-0.1, -0.05) is 0 Å². The summed E-state index contributed by atoms with van der Waals surface area (Å²) in [7, 11) is 0. The number of hydrogen-bond acceptors (Lipinski definition) is 0. The van der Waals surface area contributed by atoms with E-state index in [1.807, 2.05) is 0 Å². The van der Waals surface area contributed by atoms with Crippen LogP contribution in [-0.2, 0) is 0 Å². The van der Waals surface area contributed by atoms with Crippen LogP contribution in [0, 0.1) is 0 Å². The molecule has 1 spiro atoms. The molecule has 1 atom stereocenters. The Bertz CT molecular complexity index is 160. The lowest BCUT2D eigenvalue weighted by molar-refractivity contribution is -0.948. The second-order valence-electron chi connectivity index (χ2n) is 5.50. The summed E-state index contributed by atoms with van der Waals surface area (Å²) >= 11 is 0. The molecule has 0 radical (unpaired) electrons. The molecule has 2 heterocycles. The van der Waals surface area contributed by atoms with Gasteiger partial charge in [0.25, 0.3) is 0 Å². The maximum atomic E-state index is 2.51. The van der Waals surface area contributed by atoms with Crippen LogP contribution in [0.2, 0.25) is 0 Å². The van der Waals surface area contributed by atoms with Gasteiger partial charge in [0.15, 0.2) is 0 Å². The summed E-state index contributed by atoms with van der Waals surface area (Å²) in [6.45, 7) is 6.97. The third kappa shape index (κ3) is 2.13. The summed E-state index contributed by atoms with van der Waals surface area (Å²) < 4.78 is 1.49. The maximum absolute atomic E-state index is 2.51. The Morgan fingerprint density at radius 1 is 0.714 bits per heavy atom. The lowest BCUT2D eigenvalue weighted by Crippen LogP contribution is -2.54. The van der Waals surface area contributed by atoms with Crippen molar-refractivity contribution < 1.29 is 4.48 Å². The normalized spacial score (nSPS) is 33.6. The fourth-order valence-electron chi connectivity index (χ4n) is 3.52. The first-order chi connectivity index (χ1) is 6.83. The molecule has 0 aliphatic carbocycles. The molecule has 2 aliphatic rings. The van der Waals surface area contributed by atoms with Crippen molar-refractivity contribution in [2.24, 2.45) is 0 Å². The summed E-state index contributed by atoms with van der Waals surface area (Å²) in [5.41, 5.74) is 0. The van der Waals surface area contributed by atoms with E-state index in [2.05, 4.69) is 6.92 Å². The molecular weight excluding hydrogens is 170 g/mol. The van der Waals surface area contributed by atoms with E-state index in [1.165, 1.54) is 75.5 Å². The van der Waals surface area contributed by atoms with Crippen molar-refractivity contribution in [3.8, 4) is 0 Å². The van der Waals surface area contributed by atoms with Crippen molar-refractivity contribution in [3.63, 3.8) is 0 Å². The van der Waals surface area contributed by atoms with Gasteiger partial charge >= 0.3 is 0 Å². The van der Waals surface area contributed by atoms with E-state index >= 15 is 0 Å². The molecule has 0 aromatic carbocycles. The zero-order valence-electron chi connectivity index (χ0n) is 9.80. The third-order valence-electron chi connectivity index (χ3n) is 4.62. The van der Waals surface area contributed by atoms with Gasteiger partial charge in [0.1, 0.15) is 0 Å². The minimum absolute atomic E-state index is 0.954. The quantitative estimate of drug-likeness (QED) is 0.521. The number of nitrogens with zero attached hydrogens (tertiary/aromatic N) is 1. The predicted molar refractivity (Wildman–Crippen MR) is 61.3 cm³/mol. The predicted octanol–water partition coefficient (Wildman–Crippen LogP) is 3.34. The van der Waals surface area contributed by atoms with Crippen molar-refractivity contribution in [1.29, 1.82) is 0 Å². The van der Waals surface area contributed by atoms with Crippen LogP contribution in [-0.4, -0.2) is 30.2 Å². The zero-order valence-corrected chi connectivity index (χ0v) is 9.80. The Morgan fingerprint density at radius 2 is 1.21 bits per heavy atom. The Kier molecular flexibility index (Phi) is 3.48. The number of hydrogen-bond donors (Lipinski definition) is 0. The highest BCUT2D eigenvalue weighted by molar-refractivity contribution is 4.64. The Labute approximate surface area is 89.1 Å². The molecule has 1 unspecified atom stereocenters. The van der Waals surface area contributed by atoms with Crippen LogP contribution in [0.5, 0.6) is 0 Å². The van der Waals surface area contributed by atoms with E-state index in [-0.39, 0.29) is 0 Å². The van der Waals surface area contributed by atoms with Gasteiger partial charge in [-0.05, 0) is 58.3 Å². The van der Waals surface area contributed by atoms with E-state index in [4.69, 9.17) is 0 Å². The first kappa shape index (κ1) is 10.5. The summed E-state index contributed by atoms with van der Waals surface area (Å²) in [5.74, 6) is 0. The minimum Gasteiger partial charge on any atom is -0.321 e. The van der Waals surface area contributed by atoms with Gasteiger partial charge in [0.2, 0.25) is 0 Å². The molecule has 0 N–H and O–H groups in total. The molecule has 2 aliphatic heterocycles. The Morgan fingerprint density at radius 3 is 1.79 bits per heavy atom. The van der Waals surface area contributed by atoms with Crippen LogP contribution in [0.4, 0.5) is 0 Å². The molecule has 0 saturated carbocycles. The molecule has 14 heavy (non-hydrogen) atoms. The molecule has 0 aromatic rings. The number of quaternary nitrogens is 1. The Hall–Kier alpha value is -0.0400. The van der Waals surface area contributed by atoms with E-state index in [0.29, 0.717) is 0 Å². The highest BCUT2D eigenvalue weighted by atomic mass is 15.4. The van der Waals surface area contributed by atoms with Gasteiger partial charge in [-0.25, -0.2) is 0 Å². The molecule has 82 valence electrons. The van der Waals surface area contributed by atoms with Gasteiger partial charge in [-0.3, -0.25) is 0 Å². The van der Waals surface area contributed by atoms with Crippen molar-refractivity contribution in [2.45, 2.75) is 64.3 Å². The lowest BCUT2D eigenvalue weighted by Gasteiger charge is -2.42. The topological polar surface area (TPSA) is 0 Å². The molecule has 1 nitrogen and oxygen atoms in total. The summed E-state index contributed by atoms with van der Waals surface area (Å²) in [5, 5.41) is 0. The van der Waals surface area contributed by atoms with Gasteiger partial charge in [0, 0.05) is 0 Å². The molecular formula is C13H26N+. The first-order valence-electron chi connectivity index (χ1n) is 6.69. The summed E-state index contributed by atoms with van der Waals surface area (Å²) in [6, 6.07) is 0.954. The molecule has 2 saturated heterocycles. The monoisotopic (exact) mass is 196 g/mol. The highest BCUT2D eigenvalue weighted by Crippen LogP contribution is 2.28. The molecule has 0 amide bonds. The van der Waals surface area contributed by atoms with Crippen LogP contribution in [0.25, 0.3) is 0 Å². The molecule has 1 heteroatoms. The zero-order chi connectivity index (χ0) is 9.86. The van der Waals surface area contributed by atoms with Crippen LogP contribution < -0.4 is 0 Å². The molecule has 2 fully saturated rings. The standard InChI is InChI=1S/C13H26N/c1-13-9-5-4-8-12-14(13)10-6-2-3-7-11-14/h13H,2-12H2,1H3/q+1. The van der Waals surface area contributed by atoms with Crippen LogP contribution in [0.1, 0.15) is 58.3 Å². The third-order valence-corrected chi connectivity index (χ3v) is 4.62. The van der Waals surface area contributed by atoms with E-state index in [9.17, 15) is 0 Å². The van der Waals surface area contributed by atoms with Crippen LogP contribution >= 0.6 is 0 Å². The summed E-state index contributed by atoms with van der Waals surface area (Å²) in [6.07, 6.45) is 11.9. The fraction of sp³-hybridized carbons (Fsp3) is 1.00. The molecule has 2 rings (SSSR count). The second kappa shape index (κ2) is 4.65. The van der Waals surface area contributed by atoms with Crippen molar-refractivity contribution in [1.82, 2.24) is 0 Å². The van der Waals surface area contributed by atoms with E-state index in [0.717, 1.165) is 6.04 Å². The SMILES string of the molecule is CC1CCCCC[N+]12CCCCCC2. The van der Waals surface area contributed by atoms with Crippen LogP contribution in [0.3, 0.4) is 0 Å². The van der Waals surface area contributed by atoms with Crippen molar-refractivity contribution in [2.75, 3.05) is 19.6 Å². The van der Waals surface area contributed by atoms with Gasteiger partial charge in [0.05, 0.1) is 25.7 Å². The summed E-state index contributed by atoms with van der Waals surface area (Å²) in [4.78, 5) is 0. The fourth-order valence-corrected chi connectivity index (χ4v) is 3.52. The van der Waals surface area contributed by atoms with Gasteiger partial charge in [-0.15, -0.1) is 0 Å². The number of rotatable bonds is 0. The molecule has 0 bridgehead atoms. The van der Waals surface area contributed by atoms with Gasteiger partial charge < -0.3 is 4.48 Å². The second-order valence-corrected chi connectivity index (χ2v) is 5.50. The van der Waals surface area contributed by atoms with Crippen molar-refractivity contribution >= 4 is 0 Å². The largest absolute Gasteiger partial charge is 0.321 e. The lowest BCUT2D eigenvalue weighted by atomic mass is 10.1. The van der Waals surface area contributed by atoms with Crippen molar-refractivity contribution in [3.05, 3.63) is 0 Å². The smallest absolute Gasteiger partial charge is 0.0861 e. The minimum atomic E-state index is 0.954. The Balaban J connectivity index is 2.07. The highest BCUT2D eigenvalue weighted by Gasteiger charge is 2.34. The average molecular weight is 196 g/mol. The molecule has 0 aromatic heterocycles.